The molecule has 132 valence electrons. The maximum Gasteiger partial charge on any atom is 0.262 e. The summed E-state index contributed by atoms with van der Waals surface area (Å²) in [4.78, 5) is 17.2. The van der Waals surface area contributed by atoms with Gasteiger partial charge in [0.25, 0.3) is 5.91 Å². The van der Waals surface area contributed by atoms with E-state index in [1.54, 1.807) is 36.2 Å². The van der Waals surface area contributed by atoms with Crippen molar-refractivity contribution in [3.05, 3.63) is 83.6 Å². The van der Waals surface area contributed by atoms with Gasteiger partial charge < -0.3 is 10.1 Å². The molecule has 0 aliphatic heterocycles. The van der Waals surface area contributed by atoms with Crippen LogP contribution in [0.25, 0.3) is 0 Å². The predicted octanol–water partition coefficient (Wildman–Crippen LogP) is 5.04. The molecule has 1 aromatic heterocycles. The van der Waals surface area contributed by atoms with Gasteiger partial charge >= 0.3 is 0 Å². The Bertz CT molecular complexity index is 857. The molecule has 4 nitrogen and oxygen atoms in total. The zero-order valence-electron chi connectivity index (χ0n) is 13.9. The molecule has 0 radical (unpaired) electrons. The van der Waals surface area contributed by atoms with E-state index in [2.05, 4.69) is 10.3 Å². The number of ether oxygens (including phenoxy) is 1. The first-order valence-corrected chi connectivity index (χ1v) is 9.36. The van der Waals surface area contributed by atoms with Crippen LogP contribution in [0.5, 0.6) is 5.75 Å². The van der Waals surface area contributed by atoms with E-state index in [0.717, 1.165) is 16.3 Å². The van der Waals surface area contributed by atoms with Gasteiger partial charge in [0.1, 0.15) is 5.75 Å². The molecule has 0 bridgehead atoms. The second kappa shape index (κ2) is 9.27. The Morgan fingerprint density at radius 2 is 1.88 bits per heavy atom. The first-order valence-electron chi connectivity index (χ1n) is 7.99. The number of rotatable bonds is 7. The van der Waals surface area contributed by atoms with Crippen molar-refractivity contribution >= 4 is 35.0 Å². The average molecular weight is 385 g/mol. The number of hydrogen-bond acceptors (Lipinski definition) is 4. The van der Waals surface area contributed by atoms with Gasteiger partial charge in [-0.15, -0.1) is 11.8 Å². The first-order chi connectivity index (χ1) is 12.7. The predicted molar refractivity (Wildman–Crippen MR) is 106 cm³/mol. The van der Waals surface area contributed by atoms with Crippen molar-refractivity contribution < 1.29 is 9.53 Å². The van der Waals surface area contributed by atoms with E-state index in [1.807, 2.05) is 48.7 Å². The number of para-hydroxylation sites is 1. The summed E-state index contributed by atoms with van der Waals surface area (Å²) >= 11 is 7.71. The van der Waals surface area contributed by atoms with Crippen LogP contribution in [-0.2, 0) is 10.5 Å². The van der Waals surface area contributed by atoms with E-state index in [1.165, 1.54) is 5.56 Å². The van der Waals surface area contributed by atoms with E-state index in [4.69, 9.17) is 16.3 Å². The number of aromatic nitrogens is 1. The number of thioether (sulfide) groups is 1. The highest BCUT2D eigenvalue weighted by atomic mass is 35.5. The van der Waals surface area contributed by atoms with E-state index in [0.29, 0.717) is 10.8 Å². The molecule has 0 saturated heterocycles. The summed E-state index contributed by atoms with van der Waals surface area (Å²) in [5.41, 5.74) is 1.90. The zero-order chi connectivity index (χ0) is 18.2. The van der Waals surface area contributed by atoms with Crippen LogP contribution >= 0.6 is 23.4 Å². The number of benzene rings is 2. The third-order valence-electron chi connectivity index (χ3n) is 3.46. The Morgan fingerprint density at radius 1 is 1.08 bits per heavy atom. The molecule has 3 rings (SSSR count). The molecule has 0 spiro atoms. The molecule has 1 amide bonds. The zero-order valence-corrected chi connectivity index (χ0v) is 15.5. The van der Waals surface area contributed by atoms with Crippen molar-refractivity contribution in [1.82, 2.24) is 4.98 Å². The number of hydrogen-bond donors (Lipinski definition) is 1. The number of amides is 1. The van der Waals surface area contributed by atoms with E-state index in [-0.39, 0.29) is 12.5 Å². The molecule has 6 heteroatoms. The molecule has 0 aliphatic carbocycles. The van der Waals surface area contributed by atoms with Gasteiger partial charge in [-0.1, -0.05) is 29.8 Å². The molecule has 2 aromatic carbocycles. The average Bonchev–Trinajstić information content (AvgIpc) is 2.68. The summed E-state index contributed by atoms with van der Waals surface area (Å²) in [6.07, 6.45) is 3.63. The Hall–Kier alpha value is -2.50. The molecule has 1 heterocycles. The summed E-state index contributed by atoms with van der Waals surface area (Å²) < 4.78 is 5.43. The standard InChI is InChI=1S/C20H17ClN2O2S/c21-18-5-1-2-6-19(18)25-13-20(24)23-16-7-9-17(10-8-16)26-14-15-4-3-11-22-12-15/h1-12H,13-14H2,(H,23,24). The largest absolute Gasteiger partial charge is 0.482 e. The van der Waals surface area contributed by atoms with Crippen LogP contribution in [0.15, 0.2) is 78.0 Å². The van der Waals surface area contributed by atoms with Crippen LogP contribution in [0.4, 0.5) is 5.69 Å². The summed E-state index contributed by atoms with van der Waals surface area (Å²) in [6.45, 7) is -0.0960. The van der Waals surface area contributed by atoms with Gasteiger partial charge in [-0.25, -0.2) is 0 Å². The highest BCUT2D eigenvalue weighted by Crippen LogP contribution is 2.24. The Morgan fingerprint density at radius 3 is 2.62 bits per heavy atom. The number of nitrogens with one attached hydrogen (secondary N) is 1. The minimum atomic E-state index is -0.235. The lowest BCUT2D eigenvalue weighted by molar-refractivity contribution is -0.118. The molecule has 0 saturated carbocycles. The van der Waals surface area contributed by atoms with Gasteiger partial charge in [-0.2, -0.15) is 0 Å². The minimum absolute atomic E-state index is 0.0960. The van der Waals surface area contributed by atoms with Crippen molar-refractivity contribution in [2.75, 3.05) is 11.9 Å². The van der Waals surface area contributed by atoms with Gasteiger partial charge in [0, 0.05) is 28.7 Å². The monoisotopic (exact) mass is 384 g/mol. The molecule has 0 aliphatic rings. The number of carbonyl (C=O) groups excluding carboxylic acids is 1. The number of anilines is 1. The molecule has 1 N–H and O–H groups in total. The van der Waals surface area contributed by atoms with Gasteiger partial charge in [0.05, 0.1) is 5.02 Å². The van der Waals surface area contributed by atoms with Crippen LogP contribution < -0.4 is 10.1 Å². The molecule has 0 atom stereocenters. The van der Waals surface area contributed by atoms with E-state index in [9.17, 15) is 4.79 Å². The van der Waals surface area contributed by atoms with Crippen LogP contribution in [0.1, 0.15) is 5.56 Å². The fraction of sp³-hybridized carbons (Fsp3) is 0.100. The molecular formula is C20H17ClN2O2S. The topological polar surface area (TPSA) is 51.2 Å². The highest BCUT2D eigenvalue weighted by Gasteiger charge is 2.06. The van der Waals surface area contributed by atoms with Gasteiger partial charge in [0.2, 0.25) is 0 Å². The minimum Gasteiger partial charge on any atom is -0.482 e. The third kappa shape index (κ3) is 5.51. The van der Waals surface area contributed by atoms with E-state index < -0.39 is 0 Å². The molecular weight excluding hydrogens is 368 g/mol. The normalized spacial score (nSPS) is 10.3. The lowest BCUT2D eigenvalue weighted by atomic mass is 10.3. The van der Waals surface area contributed by atoms with Crippen LogP contribution in [0.2, 0.25) is 5.02 Å². The lowest BCUT2D eigenvalue weighted by Crippen LogP contribution is -2.20. The second-order valence-corrected chi connectivity index (χ2v) is 6.90. The van der Waals surface area contributed by atoms with Crippen molar-refractivity contribution in [2.45, 2.75) is 10.6 Å². The van der Waals surface area contributed by atoms with Crippen LogP contribution in [0, 0.1) is 0 Å². The van der Waals surface area contributed by atoms with Crippen LogP contribution in [-0.4, -0.2) is 17.5 Å². The summed E-state index contributed by atoms with van der Waals surface area (Å²) in [5, 5.41) is 3.29. The Balaban J connectivity index is 1.47. The van der Waals surface area contributed by atoms with Gasteiger partial charge in [0.15, 0.2) is 6.61 Å². The van der Waals surface area contributed by atoms with Crippen LogP contribution in [0.3, 0.4) is 0 Å². The van der Waals surface area contributed by atoms with Crippen molar-refractivity contribution in [2.24, 2.45) is 0 Å². The highest BCUT2D eigenvalue weighted by molar-refractivity contribution is 7.98. The van der Waals surface area contributed by atoms with Crippen molar-refractivity contribution in [3.8, 4) is 5.75 Å². The summed E-state index contributed by atoms with van der Waals surface area (Å²) in [6, 6.07) is 18.7. The number of halogens is 1. The quantitative estimate of drug-likeness (QED) is 0.579. The lowest BCUT2D eigenvalue weighted by Gasteiger charge is -2.09. The summed E-state index contributed by atoms with van der Waals surface area (Å²) in [5.74, 6) is 1.11. The fourth-order valence-electron chi connectivity index (χ4n) is 2.19. The first kappa shape index (κ1) is 18.3. The fourth-order valence-corrected chi connectivity index (χ4v) is 3.21. The number of pyridine rings is 1. The molecule has 0 fully saturated rings. The third-order valence-corrected chi connectivity index (χ3v) is 4.86. The number of carbonyl (C=O) groups is 1. The smallest absolute Gasteiger partial charge is 0.262 e. The maximum atomic E-state index is 12.0. The molecule has 0 unspecified atom stereocenters. The van der Waals surface area contributed by atoms with Crippen molar-refractivity contribution in [1.29, 1.82) is 0 Å². The van der Waals surface area contributed by atoms with E-state index >= 15 is 0 Å². The summed E-state index contributed by atoms with van der Waals surface area (Å²) in [7, 11) is 0. The second-order valence-electron chi connectivity index (χ2n) is 5.44. The Labute approximate surface area is 161 Å². The number of nitrogens with zero attached hydrogens (tertiary/aromatic N) is 1. The SMILES string of the molecule is O=C(COc1ccccc1Cl)Nc1ccc(SCc2cccnc2)cc1. The van der Waals surface area contributed by atoms with Crippen molar-refractivity contribution in [3.63, 3.8) is 0 Å². The van der Waals surface area contributed by atoms with Gasteiger partial charge in [-0.05, 0) is 48.0 Å². The maximum absolute atomic E-state index is 12.0. The molecule has 3 aromatic rings. The Kier molecular flexibility index (Phi) is 6.52. The van der Waals surface area contributed by atoms with Gasteiger partial charge in [-0.3, -0.25) is 9.78 Å². The molecule has 26 heavy (non-hydrogen) atoms.